The van der Waals surface area contributed by atoms with E-state index in [1.807, 2.05) is 0 Å². The summed E-state index contributed by atoms with van der Waals surface area (Å²) in [4.78, 5) is 29.9. The molecule has 0 saturated carbocycles. The minimum atomic E-state index is -0.485. The first kappa shape index (κ1) is 21.4. The Morgan fingerprint density at radius 3 is 2.71 bits per heavy atom. The summed E-state index contributed by atoms with van der Waals surface area (Å²) in [6, 6.07) is 4.47. The summed E-state index contributed by atoms with van der Waals surface area (Å²) >= 11 is 6.24. The maximum atomic E-state index is 14.5. The molecule has 0 unspecified atom stereocenters. The van der Waals surface area contributed by atoms with Crippen LogP contribution >= 0.6 is 11.6 Å². The second-order valence-corrected chi connectivity index (χ2v) is 8.29. The fourth-order valence-corrected chi connectivity index (χ4v) is 4.27. The summed E-state index contributed by atoms with van der Waals surface area (Å²) < 4.78 is 18.5. The van der Waals surface area contributed by atoms with Crippen LogP contribution in [0.1, 0.15) is 37.7 Å². The number of nitrogens with one attached hydrogen (secondary N) is 1. The van der Waals surface area contributed by atoms with E-state index >= 15 is 0 Å². The highest BCUT2D eigenvalue weighted by atomic mass is 35.5. The van der Waals surface area contributed by atoms with Gasteiger partial charge in [-0.25, -0.2) is 9.18 Å². The molecule has 2 aromatic heterocycles. The van der Waals surface area contributed by atoms with E-state index in [-0.39, 0.29) is 28.3 Å². The Morgan fingerprint density at radius 2 is 2.00 bits per heavy atom. The zero-order chi connectivity index (χ0) is 22.1. The molecule has 0 radical (unpaired) electrons. The van der Waals surface area contributed by atoms with Gasteiger partial charge < -0.3 is 5.32 Å². The Labute approximate surface area is 183 Å². The van der Waals surface area contributed by atoms with Crippen LogP contribution in [0, 0.1) is 5.82 Å². The zero-order valence-corrected chi connectivity index (χ0v) is 18.4. The van der Waals surface area contributed by atoms with Crippen LogP contribution in [0.4, 0.5) is 10.3 Å². The average molecular weight is 446 g/mol. The molecule has 1 aromatic carbocycles. The molecular formula is C22H25ClFN5O2. The molecule has 1 N–H and O–H groups in total. The SMILES string of the molecule is Cn1c(=O)c2c(nc(NCCC3=CCCCC3)n2Cc2c(F)cccc2Cl)n(C)c1=O. The molecule has 4 rings (SSSR count). The summed E-state index contributed by atoms with van der Waals surface area (Å²) in [5.74, 6) is -0.0571. The van der Waals surface area contributed by atoms with Gasteiger partial charge >= 0.3 is 5.69 Å². The summed E-state index contributed by atoms with van der Waals surface area (Å²) in [7, 11) is 2.98. The van der Waals surface area contributed by atoms with E-state index in [0.29, 0.717) is 12.5 Å². The Morgan fingerprint density at radius 1 is 1.19 bits per heavy atom. The van der Waals surface area contributed by atoms with Crippen molar-refractivity contribution < 1.29 is 4.39 Å². The molecule has 0 saturated heterocycles. The van der Waals surface area contributed by atoms with E-state index in [4.69, 9.17) is 11.6 Å². The van der Waals surface area contributed by atoms with Crippen LogP contribution in [0.3, 0.4) is 0 Å². The van der Waals surface area contributed by atoms with Crippen LogP contribution in [-0.2, 0) is 20.6 Å². The van der Waals surface area contributed by atoms with Crippen LogP contribution in [-0.4, -0.2) is 25.2 Å². The first-order valence-corrected chi connectivity index (χ1v) is 10.8. The number of allylic oxidation sites excluding steroid dienone is 1. The predicted molar refractivity (Wildman–Crippen MR) is 120 cm³/mol. The van der Waals surface area contributed by atoms with E-state index in [9.17, 15) is 14.0 Å². The fraction of sp³-hybridized carbons (Fsp3) is 0.409. The number of aromatic nitrogens is 4. The highest BCUT2D eigenvalue weighted by molar-refractivity contribution is 6.31. The van der Waals surface area contributed by atoms with Crippen LogP contribution in [0.5, 0.6) is 0 Å². The van der Waals surface area contributed by atoms with Crippen LogP contribution in [0.2, 0.25) is 5.02 Å². The second-order valence-electron chi connectivity index (χ2n) is 7.88. The first-order chi connectivity index (χ1) is 14.9. The maximum Gasteiger partial charge on any atom is 0.332 e. The minimum absolute atomic E-state index is 0.0144. The lowest BCUT2D eigenvalue weighted by Crippen LogP contribution is -2.37. The van der Waals surface area contributed by atoms with Crippen molar-refractivity contribution in [3.8, 4) is 0 Å². The van der Waals surface area contributed by atoms with Gasteiger partial charge in [-0.05, 0) is 44.2 Å². The Balaban J connectivity index is 1.78. The number of anilines is 1. The van der Waals surface area contributed by atoms with Crippen molar-refractivity contribution in [1.29, 1.82) is 0 Å². The molecule has 164 valence electrons. The van der Waals surface area contributed by atoms with Crippen molar-refractivity contribution >= 4 is 28.7 Å². The molecule has 1 aliphatic rings. The van der Waals surface area contributed by atoms with Crippen molar-refractivity contribution in [3.05, 3.63) is 67.1 Å². The van der Waals surface area contributed by atoms with Gasteiger partial charge in [0.1, 0.15) is 5.82 Å². The maximum absolute atomic E-state index is 14.5. The number of benzene rings is 1. The van der Waals surface area contributed by atoms with E-state index in [1.54, 1.807) is 17.7 Å². The standard InChI is InChI=1S/C22H25ClFN5O2/c1-27-19-18(20(30)28(2)22(27)31)29(13-15-16(23)9-6-10-17(15)24)21(26-19)25-12-11-14-7-4-3-5-8-14/h6-7,9-10H,3-5,8,11-13H2,1-2H3,(H,25,26). The predicted octanol–water partition coefficient (Wildman–Crippen LogP) is 3.58. The molecule has 0 aliphatic heterocycles. The molecule has 3 aromatic rings. The molecule has 0 atom stereocenters. The number of fused-ring (bicyclic) bond motifs is 1. The number of rotatable bonds is 6. The molecule has 0 fully saturated rings. The van der Waals surface area contributed by atoms with Crippen molar-refractivity contribution in [1.82, 2.24) is 18.7 Å². The number of hydrogen-bond donors (Lipinski definition) is 1. The third-order valence-corrected chi connectivity index (χ3v) is 6.19. The molecule has 7 nitrogen and oxygen atoms in total. The molecule has 9 heteroatoms. The van der Waals surface area contributed by atoms with Crippen LogP contribution < -0.4 is 16.6 Å². The van der Waals surface area contributed by atoms with Gasteiger partial charge in [-0.15, -0.1) is 0 Å². The van der Waals surface area contributed by atoms with E-state index in [0.717, 1.165) is 23.8 Å². The van der Waals surface area contributed by atoms with Gasteiger partial charge in [-0.1, -0.05) is 29.3 Å². The van der Waals surface area contributed by atoms with Gasteiger partial charge in [0.25, 0.3) is 5.56 Å². The number of imidazole rings is 1. The smallest absolute Gasteiger partial charge is 0.332 e. The summed E-state index contributed by atoms with van der Waals surface area (Å²) in [6.07, 6.45) is 7.78. The van der Waals surface area contributed by atoms with Gasteiger partial charge in [-0.3, -0.25) is 18.5 Å². The van der Waals surface area contributed by atoms with E-state index < -0.39 is 17.1 Å². The highest BCUT2D eigenvalue weighted by Crippen LogP contribution is 2.25. The molecule has 0 bridgehead atoms. The van der Waals surface area contributed by atoms with Crippen molar-refractivity contribution in [2.24, 2.45) is 14.1 Å². The second kappa shape index (κ2) is 8.70. The molecule has 0 amide bonds. The number of halogens is 2. The summed E-state index contributed by atoms with van der Waals surface area (Å²) in [5, 5.41) is 3.55. The molecule has 2 heterocycles. The molecule has 31 heavy (non-hydrogen) atoms. The Hall–Kier alpha value is -2.87. The van der Waals surface area contributed by atoms with Gasteiger partial charge in [0.15, 0.2) is 11.2 Å². The van der Waals surface area contributed by atoms with E-state index in [2.05, 4.69) is 16.4 Å². The van der Waals surface area contributed by atoms with Crippen LogP contribution in [0.25, 0.3) is 11.2 Å². The minimum Gasteiger partial charge on any atom is -0.355 e. The lowest BCUT2D eigenvalue weighted by molar-refractivity contribution is 0.601. The van der Waals surface area contributed by atoms with Crippen molar-refractivity contribution in [3.63, 3.8) is 0 Å². The van der Waals surface area contributed by atoms with Gasteiger partial charge in [0, 0.05) is 31.2 Å². The topological polar surface area (TPSA) is 73.8 Å². The normalized spacial score (nSPS) is 14.1. The third kappa shape index (κ3) is 4.04. The average Bonchev–Trinajstić information content (AvgIpc) is 3.12. The lowest BCUT2D eigenvalue weighted by Gasteiger charge is -2.15. The molecular weight excluding hydrogens is 421 g/mol. The Bertz CT molecular complexity index is 1270. The van der Waals surface area contributed by atoms with Crippen molar-refractivity contribution in [2.45, 2.75) is 38.6 Å². The lowest BCUT2D eigenvalue weighted by atomic mass is 9.97. The highest BCUT2D eigenvalue weighted by Gasteiger charge is 2.21. The number of nitrogens with zero attached hydrogens (tertiary/aromatic N) is 4. The molecule has 1 aliphatic carbocycles. The monoisotopic (exact) mass is 445 g/mol. The molecule has 0 spiro atoms. The Kier molecular flexibility index (Phi) is 6.00. The first-order valence-electron chi connectivity index (χ1n) is 10.4. The van der Waals surface area contributed by atoms with Gasteiger partial charge in [0.05, 0.1) is 6.54 Å². The van der Waals surface area contributed by atoms with Gasteiger partial charge in [0.2, 0.25) is 5.95 Å². The van der Waals surface area contributed by atoms with E-state index in [1.165, 1.54) is 42.2 Å². The summed E-state index contributed by atoms with van der Waals surface area (Å²) in [5.41, 5.74) is 1.19. The fourth-order valence-electron chi connectivity index (χ4n) is 4.04. The quantitative estimate of drug-likeness (QED) is 0.588. The summed E-state index contributed by atoms with van der Waals surface area (Å²) in [6.45, 7) is 0.634. The van der Waals surface area contributed by atoms with Crippen LogP contribution in [0.15, 0.2) is 39.4 Å². The number of hydrogen-bond acceptors (Lipinski definition) is 4. The number of aryl methyl sites for hydroxylation is 1. The van der Waals surface area contributed by atoms with Crippen molar-refractivity contribution in [2.75, 3.05) is 11.9 Å². The zero-order valence-electron chi connectivity index (χ0n) is 17.6. The largest absolute Gasteiger partial charge is 0.355 e. The van der Waals surface area contributed by atoms with Gasteiger partial charge in [-0.2, -0.15) is 4.98 Å². The third-order valence-electron chi connectivity index (χ3n) is 5.84.